The van der Waals surface area contributed by atoms with Crippen LogP contribution < -0.4 is 14.8 Å². The number of hydrogen-bond donors (Lipinski definition) is 1. The quantitative estimate of drug-likeness (QED) is 0.579. The van der Waals surface area contributed by atoms with Crippen molar-refractivity contribution in [2.45, 2.75) is 4.90 Å². The molecule has 142 valence electrons. The highest BCUT2D eigenvalue weighted by Crippen LogP contribution is 2.34. The van der Waals surface area contributed by atoms with Crippen molar-refractivity contribution in [3.63, 3.8) is 0 Å². The zero-order chi connectivity index (χ0) is 19.2. The van der Waals surface area contributed by atoms with Crippen LogP contribution in [0.15, 0.2) is 41.3 Å². The molecule has 0 aromatic heterocycles. The van der Waals surface area contributed by atoms with Crippen molar-refractivity contribution in [3.05, 3.63) is 47.2 Å². The van der Waals surface area contributed by atoms with Crippen molar-refractivity contribution >= 4 is 40.9 Å². The molecule has 0 radical (unpaired) electrons. The molecule has 1 amide bonds. The number of esters is 1. The standard InChI is InChI=1S/C18H15ClFNO5S/c19-13-7-11(1-3-14(13)20)21-17(22)9-26-18(23)10-27-12-2-4-15-16(8-12)25-6-5-24-15/h1-4,7-8H,5-6,9-10H2,(H,21,22). The summed E-state index contributed by atoms with van der Waals surface area (Å²) in [5.74, 6) is -0.326. The minimum Gasteiger partial charge on any atom is -0.486 e. The van der Waals surface area contributed by atoms with E-state index in [0.717, 1.165) is 11.0 Å². The Bertz CT molecular complexity index is 864. The van der Waals surface area contributed by atoms with Gasteiger partial charge in [0.05, 0.1) is 10.8 Å². The molecule has 3 rings (SSSR count). The van der Waals surface area contributed by atoms with Gasteiger partial charge in [0.2, 0.25) is 0 Å². The Hall–Kier alpha value is -2.45. The lowest BCUT2D eigenvalue weighted by atomic mass is 10.3. The minimum atomic E-state index is -0.586. The van der Waals surface area contributed by atoms with Gasteiger partial charge >= 0.3 is 5.97 Å². The first-order valence-corrected chi connectivity index (χ1v) is 9.30. The van der Waals surface area contributed by atoms with Crippen LogP contribution in [-0.4, -0.2) is 37.4 Å². The third-order valence-corrected chi connectivity index (χ3v) is 4.69. The molecule has 0 atom stereocenters. The Morgan fingerprint density at radius 2 is 1.93 bits per heavy atom. The molecule has 9 heteroatoms. The van der Waals surface area contributed by atoms with E-state index >= 15 is 0 Å². The van der Waals surface area contributed by atoms with Gasteiger partial charge in [-0.3, -0.25) is 9.59 Å². The number of hydrogen-bond acceptors (Lipinski definition) is 6. The lowest BCUT2D eigenvalue weighted by Gasteiger charge is -2.18. The number of thioether (sulfide) groups is 1. The van der Waals surface area contributed by atoms with Gasteiger partial charge in [0.15, 0.2) is 18.1 Å². The van der Waals surface area contributed by atoms with Gasteiger partial charge in [-0.1, -0.05) is 11.6 Å². The summed E-state index contributed by atoms with van der Waals surface area (Å²) < 4.78 is 28.9. The van der Waals surface area contributed by atoms with Gasteiger partial charge in [0, 0.05) is 10.6 Å². The smallest absolute Gasteiger partial charge is 0.316 e. The summed E-state index contributed by atoms with van der Waals surface area (Å²) in [5.41, 5.74) is 0.313. The van der Waals surface area contributed by atoms with E-state index in [0.29, 0.717) is 30.4 Å². The average molecular weight is 412 g/mol. The summed E-state index contributed by atoms with van der Waals surface area (Å²) in [4.78, 5) is 24.4. The normalized spacial score (nSPS) is 12.4. The summed E-state index contributed by atoms with van der Waals surface area (Å²) in [5, 5.41) is 2.36. The summed E-state index contributed by atoms with van der Waals surface area (Å²) in [6, 6.07) is 9.15. The molecule has 2 aromatic rings. The van der Waals surface area contributed by atoms with Crippen LogP contribution in [0, 0.1) is 5.82 Å². The lowest BCUT2D eigenvalue weighted by molar-refractivity contribution is -0.144. The van der Waals surface area contributed by atoms with E-state index in [-0.39, 0.29) is 10.8 Å². The van der Waals surface area contributed by atoms with E-state index in [9.17, 15) is 14.0 Å². The second-order valence-corrected chi connectivity index (χ2v) is 6.89. The Balaban J connectivity index is 1.42. The van der Waals surface area contributed by atoms with Crippen LogP contribution in [0.4, 0.5) is 10.1 Å². The number of amides is 1. The van der Waals surface area contributed by atoms with Crippen molar-refractivity contribution in [1.82, 2.24) is 0 Å². The number of fused-ring (bicyclic) bond motifs is 1. The van der Waals surface area contributed by atoms with E-state index in [2.05, 4.69) is 5.32 Å². The van der Waals surface area contributed by atoms with E-state index < -0.39 is 24.3 Å². The van der Waals surface area contributed by atoms with Gasteiger partial charge in [-0.25, -0.2) is 4.39 Å². The monoisotopic (exact) mass is 411 g/mol. The molecule has 1 aliphatic rings. The zero-order valence-corrected chi connectivity index (χ0v) is 15.6. The van der Waals surface area contributed by atoms with E-state index in [1.54, 1.807) is 12.1 Å². The third kappa shape index (κ3) is 5.51. The first kappa shape index (κ1) is 19.3. The van der Waals surface area contributed by atoms with Crippen molar-refractivity contribution in [3.8, 4) is 11.5 Å². The number of halogens is 2. The molecular weight excluding hydrogens is 397 g/mol. The van der Waals surface area contributed by atoms with Gasteiger partial charge in [-0.2, -0.15) is 0 Å². The molecule has 0 saturated carbocycles. The summed E-state index contributed by atoms with van der Waals surface area (Å²) in [7, 11) is 0. The molecule has 1 aliphatic heterocycles. The molecule has 0 unspecified atom stereocenters. The van der Waals surface area contributed by atoms with Crippen molar-refractivity contribution in [2.75, 3.05) is 30.9 Å². The Morgan fingerprint density at radius 1 is 1.15 bits per heavy atom. The number of carbonyl (C=O) groups excluding carboxylic acids is 2. The second kappa shape index (κ2) is 8.96. The number of anilines is 1. The SMILES string of the molecule is O=C(COC(=O)CSc1ccc2c(c1)OCCO2)Nc1ccc(F)c(Cl)c1. The number of benzene rings is 2. The number of nitrogens with one attached hydrogen (secondary N) is 1. The summed E-state index contributed by atoms with van der Waals surface area (Å²) >= 11 is 6.90. The van der Waals surface area contributed by atoms with E-state index in [4.69, 9.17) is 25.8 Å². The lowest BCUT2D eigenvalue weighted by Crippen LogP contribution is -2.21. The molecule has 27 heavy (non-hydrogen) atoms. The molecule has 0 aliphatic carbocycles. The van der Waals surface area contributed by atoms with Crippen LogP contribution in [0.2, 0.25) is 5.02 Å². The van der Waals surface area contributed by atoms with Gasteiger partial charge in [-0.05, 0) is 36.4 Å². The molecule has 0 bridgehead atoms. The number of rotatable bonds is 6. The average Bonchev–Trinajstić information content (AvgIpc) is 2.67. The van der Waals surface area contributed by atoms with Gasteiger partial charge in [0.1, 0.15) is 19.0 Å². The molecule has 0 fully saturated rings. The topological polar surface area (TPSA) is 73.9 Å². The number of ether oxygens (including phenoxy) is 3. The third-order valence-electron chi connectivity index (χ3n) is 3.44. The fourth-order valence-electron chi connectivity index (χ4n) is 2.21. The highest BCUT2D eigenvalue weighted by Gasteiger charge is 2.14. The van der Waals surface area contributed by atoms with Crippen LogP contribution in [-0.2, 0) is 14.3 Å². The summed E-state index contributed by atoms with van der Waals surface area (Å²) in [6.07, 6.45) is 0. The van der Waals surface area contributed by atoms with Gasteiger partial charge in [0.25, 0.3) is 5.91 Å². The maximum absolute atomic E-state index is 13.1. The van der Waals surface area contributed by atoms with Gasteiger partial charge in [-0.15, -0.1) is 11.8 Å². The Labute approximate surface area is 163 Å². The molecule has 2 aromatic carbocycles. The molecule has 1 N–H and O–H groups in total. The highest BCUT2D eigenvalue weighted by molar-refractivity contribution is 8.00. The first-order valence-electron chi connectivity index (χ1n) is 7.94. The minimum absolute atomic E-state index is 0.0370. The van der Waals surface area contributed by atoms with Crippen molar-refractivity contribution in [2.24, 2.45) is 0 Å². The van der Waals surface area contributed by atoms with Crippen LogP contribution in [0.1, 0.15) is 0 Å². The fraction of sp³-hybridized carbons (Fsp3) is 0.222. The molecule has 1 heterocycles. The van der Waals surface area contributed by atoms with E-state index in [1.807, 2.05) is 6.07 Å². The van der Waals surface area contributed by atoms with Crippen LogP contribution in [0.25, 0.3) is 0 Å². The van der Waals surface area contributed by atoms with Gasteiger partial charge < -0.3 is 19.5 Å². The molecule has 0 spiro atoms. The summed E-state index contributed by atoms with van der Waals surface area (Å²) in [6.45, 7) is 0.547. The Morgan fingerprint density at radius 3 is 2.70 bits per heavy atom. The highest BCUT2D eigenvalue weighted by atomic mass is 35.5. The van der Waals surface area contributed by atoms with Crippen molar-refractivity contribution in [1.29, 1.82) is 0 Å². The Kier molecular flexibility index (Phi) is 6.41. The van der Waals surface area contributed by atoms with Crippen LogP contribution >= 0.6 is 23.4 Å². The molecular formula is C18H15ClFNO5S. The van der Waals surface area contributed by atoms with E-state index in [1.165, 1.54) is 23.9 Å². The molecule has 6 nitrogen and oxygen atoms in total. The largest absolute Gasteiger partial charge is 0.486 e. The maximum Gasteiger partial charge on any atom is 0.316 e. The zero-order valence-electron chi connectivity index (χ0n) is 14.0. The predicted molar refractivity (Wildman–Crippen MR) is 99.2 cm³/mol. The van der Waals surface area contributed by atoms with Crippen LogP contribution in [0.5, 0.6) is 11.5 Å². The first-order chi connectivity index (χ1) is 13.0. The predicted octanol–water partition coefficient (Wildman–Crippen LogP) is 3.52. The fourth-order valence-corrected chi connectivity index (χ4v) is 3.12. The molecule has 0 saturated heterocycles. The second-order valence-electron chi connectivity index (χ2n) is 5.43. The number of carbonyl (C=O) groups is 2. The van der Waals surface area contributed by atoms with Crippen molar-refractivity contribution < 1.29 is 28.2 Å². The van der Waals surface area contributed by atoms with Crippen LogP contribution in [0.3, 0.4) is 0 Å². The maximum atomic E-state index is 13.1.